The Kier molecular flexibility index (Phi) is 5.51. The molecule has 0 saturated heterocycles. The molecule has 1 atom stereocenters. The minimum Gasteiger partial charge on any atom is -0.479 e. The van der Waals surface area contributed by atoms with Crippen molar-refractivity contribution in [2.75, 3.05) is 0 Å². The number of hydrogen-bond donors (Lipinski definition) is 3. The quantitative estimate of drug-likeness (QED) is 0.733. The number of ether oxygens (including phenoxy) is 1. The van der Waals surface area contributed by atoms with Gasteiger partial charge in [0.15, 0.2) is 11.0 Å². The highest BCUT2D eigenvalue weighted by Gasteiger charge is 2.22. The number of primary amides is 1. The zero-order valence-corrected chi connectivity index (χ0v) is 12.0. The normalized spacial score (nSPS) is 11.7. The molecule has 7 nitrogen and oxygen atoms in total. The molecule has 0 aromatic carbocycles. The van der Waals surface area contributed by atoms with Gasteiger partial charge in [-0.25, -0.2) is 9.59 Å². The third-order valence-electron chi connectivity index (χ3n) is 2.36. The summed E-state index contributed by atoms with van der Waals surface area (Å²) in [7, 11) is 0. The van der Waals surface area contributed by atoms with E-state index in [1.165, 1.54) is 6.92 Å². The molecule has 0 bridgehead atoms. The molecule has 0 fully saturated rings. The molecule has 1 aromatic heterocycles. The zero-order valence-electron chi connectivity index (χ0n) is 11.1. The van der Waals surface area contributed by atoms with E-state index in [1.54, 1.807) is 6.07 Å². The van der Waals surface area contributed by atoms with Crippen molar-refractivity contribution in [2.45, 2.75) is 32.8 Å². The highest BCUT2D eigenvalue weighted by atomic mass is 32.1. The topological polar surface area (TPSA) is 119 Å². The maximum atomic E-state index is 11.5. The number of carboxylic acids is 1. The average molecular weight is 300 g/mol. The third-order valence-corrected chi connectivity index (χ3v) is 3.52. The Morgan fingerprint density at radius 1 is 1.50 bits per heavy atom. The number of thiophene rings is 1. The van der Waals surface area contributed by atoms with Gasteiger partial charge in [0, 0.05) is 4.88 Å². The Morgan fingerprint density at radius 3 is 2.65 bits per heavy atom. The molecular formula is C12H16N2O5S. The summed E-state index contributed by atoms with van der Waals surface area (Å²) in [5.74, 6) is -1.72. The minimum absolute atomic E-state index is 0.0344. The summed E-state index contributed by atoms with van der Waals surface area (Å²) in [4.78, 5) is 34.1. The number of imide groups is 1. The molecule has 0 aliphatic heterocycles. The van der Waals surface area contributed by atoms with Gasteiger partial charge in [-0.3, -0.25) is 10.1 Å². The van der Waals surface area contributed by atoms with Crippen LogP contribution in [0.15, 0.2) is 6.07 Å². The lowest BCUT2D eigenvalue weighted by atomic mass is 10.3. The molecule has 0 aliphatic carbocycles. The summed E-state index contributed by atoms with van der Waals surface area (Å²) >= 11 is 1.11. The number of carbonyl (C=O) groups excluding carboxylic acids is 2. The number of carbonyl (C=O) groups is 3. The van der Waals surface area contributed by atoms with Crippen LogP contribution in [-0.4, -0.2) is 29.1 Å². The Labute approximate surface area is 119 Å². The van der Waals surface area contributed by atoms with E-state index in [-0.39, 0.29) is 10.6 Å². The van der Waals surface area contributed by atoms with Gasteiger partial charge in [0.1, 0.15) is 5.75 Å². The van der Waals surface area contributed by atoms with E-state index in [9.17, 15) is 14.4 Å². The van der Waals surface area contributed by atoms with Gasteiger partial charge in [-0.05, 0) is 19.4 Å². The number of hydrogen-bond acceptors (Lipinski definition) is 5. The van der Waals surface area contributed by atoms with Gasteiger partial charge in [-0.1, -0.05) is 13.3 Å². The van der Waals surface area contributed by atoms with Gasteiger partial charge in [0.2, 0.25) is 0 Å². The van der Waals surface area contributed by atoms with Crippen molar-refractivity contribution in [3.05, 3.63) is 15.8 Å². The lowest BCUT2D eigenvalue weighted by Crippen LogP contribution is -2.42. The standard InChI is InChI=1S/C12H16N2O5S/c1-3-4-7-5-8(9(20-7)11(16)17)19-6(2)10(15)14-12(13)18/h5-6H,3-4H2,1-2H3,(H,16,17)(H3,13,14,15,18). The van der Waals surface area contributed by atoms with Crippen molar-refractivity contribution in [1.82, 2.24) is 5.32 Å². The monoisotopic (exact) mass is 300 g/mol. The predicted octanol–water partition coefficient (Wildman–Crippen LogP) is 1.36. The van der Waals surface area contributed by atoms with E-state index < -0.39 is 24.0 Å². The molecular weight excluding hydrogens is 284 g/mol. The number of nitrogens with one attached hydrogen (secondary N) is 1. The van der Waals surface area contributed by atoms with Crippen LogP contribution in [-0.2, 0) is 11.2 Å². The van der Waals surface area contributed by atoms with E-state index in [2.05, 4.69) is 0 Å². The number of aryl methyl sites for hydroxylation is 1. The van der Waals surface area contributed by atoms with Gasteiger partial charge in [0.25, 0.3) is 5.91 Å². The summed E-state index contributed by atoms with van der Waals surface area (Å²) in [5, 5.41) is 11.0. The molecule has 20 heavy (non-hydrogen) atoms. The van der Waals surface area contributed by atoms with Crippen LogP contribution in [0.3, 0.4) is 0 Å². The number of carboxylic acid groups (broad SMARTS) is 1. The van der Waals surface area contributed by atoms with E-state index in [1.807, 2.05) is 12.2 Å². The fourth-order valence-electron chi connectivity index (χ4n) is 1.50. The summed E-state index contributed by atoms with van der Waals surface area (Å²) in [6, 6.07) is 0.618. The van der Waals surface area contributed by atoms with Crippen LogP contribution in [0.2, 0.25) is 0 Å². The second-order valence-electron chi connectivity index (χ2n) is 4.07. The number of rotatable bonds is 6. The molecule has 1 unspecified atom stereocenters. The first-order chi connectivity index (χ1) is 9.35. The van der Waals surface area contributed by atoms with Gasteiger partial charge in [-0.2, -0.15) is 0 Å². The Bertz CT molecular complexity index is 526. The maximum absolute atomic E-state index is 11.5. The average Bonchev–Trinajstić information content (AvgIpc) is 2.71. The molecule has 1 heterocycles. The van der Waals surface area contributed by atoms with E-state index in [4.69, 9.17) is 15.6 Å². The maximum Gasteiger partial charge on any atom is 0.349 e. The van der Waals surface area contributed by atoms with E-state index >= 15 is 0 Å². The first kappa shape index (κ1) is 16.0. The van der Waals surface area contributed by atoms with Crippen molar-refractivity contribution >= 4 is 29.2 Å². The molecule has 110 valence electrons. The summed E-state index contributed by atoms with van der Waals surface area (Å²) in [5.41, 5.74) is 4.83. The smallest absolute Gasteiger partial charge is 0.349 e. The minimum atomic E-state index is -1.12. The molecule has 1 rings (SSSR count). The Morgan fingerprint density at radius 2 is 2.15 bits per heavy atom. The molecule has 3 amide bonds. The van der Waals surface area contributed by atoms with Gasteiger partial charge in [-0.15, -0.1) is 11.3 Å². The SMILES string of the molecule is CCCc1cc(OC(C)C(=O)NC(N)=O)c(C(=O)O)s1. The Hall–Kier alpha value is -2.09. The molecule has 4 N–H and O–H groups in total. The third kappa shape index (κ3) is 4.23. The second-order valence-corrected chi connectivity index (χ2v) is 5.21. The largest absolute Gasteiger partial charge is 0.479 e. The van der Waals surface area contributed by atoms with Gasteiger partial charge in [0.05, 0.1) is 0 Å². The van der Waals surface area contributed by atoms with Crippen molar-refractivity contribution in [2.24, 2.45) is 5.73 Å². The van der Waals surface area contributed by atoms with Crippen molar-refractivity contribution in [1.29, 1.82) is 0 Å². The van der Waals surface area contributed by atoms with Crippen LogP contribution in [0.4, 0.5) is 4.79 Å². The number of amides is 3. The molecule has 0 radical (unpaired) electrons. The predicted molar refractivity (Wildman–Crippen MR) is 73.1 cm³/mol. The Balaban J connectivity index is 2.87. The number of nitrogens with two attached hydrogens (primary N) is 1. The number of urea groups is 1. The fraction of sp³-hybridized carbons (Fsp3) is 0.417. The second kappa shape index (κ2) is 6.90. The van der Waals surface area contributed by atoms with E-state index in [0.29, 0.717) is 0 Å². The van der Waals surface area contributed by atoms with E-state index in [0.717, 1.165) is 29.1 Å². The van der Waals surface area contributed by atoms with Crippen LogP contribution in [0, 0.1) is 0 Å². The molecule has 0 spiro atoms. The van der Waals surface area contributed by atoms with Crippen LogP contribution < -0.4 is 15.8 Å². The van der Waals surface area contributed by atoms with Crippen molar-refractivity contribution < 1.29 is 24.2 Å². The van der Waals surface area contributed by atoms with Crippen LogP contribution in [0.5, 0.6) is 5.75 Å². The van der Waals surface area contributed by atoms with Crippen molar-refractivity contribution in [3.63, 3.8) is 0 Å². The summed E-state index contributed by atoms with van der Waals surface area (Å²) < 4.78 is 5.31. The lowest BCUT2D eigenvalue weighted by Gasteiger charge is -2.12. The molecule has 0 saturated carbocycles. The van der Waals surface area contributed by atoms with Crippen molar-refractivity contribution in [3.8, 4) is 5.75 Å². The fourth-order valence-corrected chi connectivity index (χ4v) is 2.53. The summed E-state index contributed by atoms with van der Waals surface area (Å²) in [6.07, 6.45) is 0.581. The zero-order chi connectivity index (χ0) is 15.3. The highest BCUT2D eigenvalue weighted by molar-refractivity contribution is 7.14. The van der Waals surface area contributed by atoms with Crippen LogP contribution in [0.25, 0.3) is 0 Å². The van der Waals surface area contributed by atoms with Gasteiger partial charge >= 0.3 is 12.0 Å². The van der Waals surface area contributed by atoms with Crippen LogP contribution >= 0.6 is 11.3 Å². The summed E-state index contributed by atoms with van der Waals surface area (Å²) in [6.45, 7) is 3.38. The molecule has 0 aliphatic rings. The lowest BCUT2D eigenvalue weighted by molar-refractivity contribution is -0.126. The van der Waals surface area contributed by atoms with Gasteiger partial charge < -0.3 is 15.6 Å². The molecule has 1 aromatic rings. The first-order valence-electron chi connectivity index (χ1n) is 5.98. The van der Waals surface area contributed by atoms with Crippen LogP contribution in [0.1, 0.15) is 34.8 Å². The first-order valence-corrected chi connectivity index (χ1v) is 6.79. The highest BCUT2D eigenvalue weighted by Crippen LogP contribution is 2.31. The molecule has 8 heteroatoms. The number of aromatic carboxylic acids is 1.